The van der Waals surface area contributed by atoms with Crippen molar-refractivity contribution in [1.82, 2.24) is 10.6 Å². The summed E-state index contributed by atoms with van der Waals surface area (Å²) in [5, 5.41) is 5.63. The Bertz CT molecular complexity index is 586. The van der Waals surface area contributed by atoms with E-state index >= 15 is 0 Å². The first-order valence-corrected chi connectivity index (χ1v) is 10.1. The van der Waals surface area contributed by atoms with Crippen LogP contribution >= 0.6 is 0 Å². The van der Waals surface area contributed by atoms with Gasteiger partial charge >= 0.3 is 11.8 Å². The first-order valence-electron chi connectivity index (χ1n) is 10.1. The average molecular weight is 357 g/mol. The van der Waals surface area contributed by atoms with Gasteiger partial charge in [0.25, 0.3) is 0 Å². The molecule has 1 aliphatic carbocycles. The van der Waals surface area contributed by atoms with E-state index in [-0.39, 0.29) is 6.04 Å². The van der Waals surface area contributed by atoms with Gasteiger partial charge in [-0.05, 0) is 49.8 Å². The number of hydrogen-bond donors (Lipinski definition) is 2. The monoisotopic (exact) mass is 357 g/mol. The van der Waals surface area contributed by atoms with Crippen LogP contribution in [0.25, 0.3) is 0 Å². The van der Waals surface area contributed by atoms with Crippen molar-refractivity contribution >= 4 is 17.5 Å². The normalized spacial score (nSPS) is 18.4. The zero-order valence-corrected chi connectivity index (χ0v) is 15.6. The maximum Gasteiger partial charge on any atom is 0.309 e. The smallest absolute Gasteiger partial charge is 0.309 e. The summed E-state index contributed by atoms with van der Waals surface area (Å²) < 4.78 is 0. The Kier molecular flexibility index (Phi) is 6.92. The molecule has 5 heteroatoms. The summed E-state index contributed by atoms with van der Waals surface area (Å²) in [6, 6.07) is 8.70. The molecule has 26 heavy (non-hydrogen) atoms. The predicted octanol–water partition coefficient (Wildman–Crippen LogP) is 2.78. The molecule has 2 aliphatic rings. The second kappa shape index (κ2) is 9.60. The van der Waals surface area contributed by atoms with Crippen LogP contribution in [0.15, 0.2) is 24.3 Å². The van der Waals surface area contributed by atoms with Crippen molar-refractivity contribution in [2.75, 3.05) is 24.5 Å². The highest BCUT2D eigenvalue weighted by Gasteiger charge is 2.19. The number of carbonyl (C=O) groups excluding carboxylic acids is 2. The van der Waals surface area contributed by atoms with Crippen molar-refractivity contribution in [3.8, 4) is 0 Å². The second-order valence-electron chi connectivity index (χ2n) is 7.53. The lowest BCUT2D eigenvalue weighted by molar-refractivity contribution is -0.139. The van der Waals surface area contributed by atoms with Crippen LogP contribution in [0.2, 0.25) is 0 Å². The lowest BCUT2D eigenvalue weighted by Gasteiger charge is -2.18. The Morgan fingerprint density at radius 1 is 0.885 bits per heavy atom. The van der Waals surface area contributed by atoms with Gasteiger partial charge in [-0.2, -0.15) is 0 Å². The predicted molar refractivity (Wildman–Crippen MR) is 104 cm³/mol. The number of carbonyl (C=O) groups is 2. The van der Waals surface area contributed by atoms with E-state index in [1.165, 1.54) is 36.9 Å². The molecule has 1 aromatic rings. The minimum absolute atomic E-state index is 0.161. The van der Waals surface area contributed by atoms with Crippen LogP contribution in [0.1, 0.15) is 56.9 Å². The molecule has 1 saturated heterocycles. The minimum atomic E-state index is -0.511. The van der Waals surface area contributed by atoms with Crippen LogP contribution in [0.4, 0.5) is 5.69 Å². The van der Waals surface area contributed by atoms with Gasteiger partial charge in [0.2, 0.25) is 0 Å². The molecule has 1 aliphatic heterocycles. The fourth-order valence-corrected chi connectivity index (χ4v) is 3.92. The van der Waals surface area contributed by atoms with Crippen molar-refractivity contribution in [2.24, 2.45) is 0 Å². The number of amides is 2. The SMILES string of the molecule is O=C(NCCc1ccc(N2CCCC2)cc1)C(=O)NC1CCCCCC1. The molecule has 0 atom stereocenters. The third-order valence-electron chi connectivity index (χ3n) is 5.50. The third kappa shape index (κ3) is 5.48. The summed E-state index contributed by atoms with van der Waals surface area (Å²) in [7, 11) is 0. The Labute approximate surface area is 156 Å². The molecule has 2 amide bonds. The van der Waals surface area contributed by atoms with Crippen LogP contribution < -0.4 is 15.5 Å². The molecule has 0 aromatic heterocycles. The Morgan fingerprint density at radius 3 is 2.19 bits per heavy atom. The highest BCUT2D eigenvalue weighted by molar-refractivity contribution is 6.35. The zero-order valence-electron chi connectivity index (χ0n) is 15.6. The summed E-state index contributed by atoms with van der Waals surface area (Å²) in [4.78, 5) is 26.4. The highest BCUT2D eigenvalue weighted by Crippen LogP contribution is 2.20. The van der Waals surface area contributed by atoms with Gasteiger partial charge < -0.3 is 15.5 Å². The van der Waals surface area contributed by atoms with Crippen LogP contribution in [0, 0.1) is 0 Å². The number of nitrogens with zero attached hydrogens (tertiary/aromatic N) is 1. The molecule has 0 spiro atoms. The van der Waals surface area contributed by atoms with Crippen molar-refractivity contribution in [3.05, 3.63) is 29.8 Å². The van der Waals surface area contributed by atoms with Gasteiger partial charge in [0.1, 0.15) is 0 Å². The number of hydrogen-bond acceptors (Lipinski definition) is 3. The Morgan fingerprint density at radius 2 is 1.54 bits per heavy atom. The van der Waals surface area contributed by atoms with Crippen LogP contribution in [0.3, 0.4) is 0 Å². The number of anilines is 1. The molecule has 1 heterocycles. The molecule has 2 fully saturated rings. The van der Waals surface area contributed by atoms with Crippen LogP contribution in [-0.2, 0) is 16.0 Å². The second-order valence-corrected chi connectivity index (χ2v) is 7.53. The number of rotatable bonds is 5. The van der Waals surface area contributed by atoms with Gasteiger partial charge in [0.15, 0.2) is 0 Å². The molecular weight excluding hydrogens is 326 g/mol. The maximum atomic E-state index is 12.0. The van der Waals surface area contributed by atoms with Gasteiger partial charge in [-0.1, -0.05) is 37.8 Å². The fraction of sp³-hybridized carbons (Fsp3) is 0.619. The lowest BCUT2D eigenvalue weighted by atomic mass is 10.1. The largest absolute Gasteiger partial charge is 0.372 e. The van der Waals surface area contributed by atoms with E-state index in [0.29, 0.717) is 6.54 Å². The van der Waals surface area contributed by atoms with Crippen LogP contribution in [-0.4, -0.2) is 37.5 Å². The molecule has 5 nitrogen and oxygen atoms in total. The van der Waals surface area contributed by atoms with E-state index in [4.69, 9.17) is 0 Å². The lowest BCUT2D eigenvalue weighted by Crippen LogP contribution is -2.44. The van der Waals surface area contributed by atoms with Crippen molar-refractivity contribution in [3.63, 3.8) is 0 Å². The van der Waals surface area contributed by atoms with Crippen LogP contribution in [0.5, 0.6) is 0 Å². The van der Waals surface area contributed by atoms with Gasteiger partial charge in [-0.15, -0.1) is 0 Å². The molecule has 3 rings (SSSR count). The minimum Gasteiger partial charge on any atom is -0.372 e. The van der Waals surface area contributed by atoms with Crippen molar-refractivity contribution in [2.45, 2.75) is 63.8 Å². The first-order chi connectivity index (χ1) is 12.7. The van der Waals surface area contributed by atoms with Crippen molar-refractivity contribution in [1.29, 1.82) is 0 Å². The Balaban J connectivity index is 1.38. The van der Waals surface area contributed by atoms with E-state index in [2.05, 4.69) is 39.8 Å². The van der Waals surface area contributed by atoms with Crippen molar-refractivity contribution < 1.29 is 9.59 Å². The standard InChI is InChI=1S/C21H31N3O2/c25-20(21(26)23-18-7-3-1-2-4-8-18)22-14-13-17-9-11-19(12-10-17)24-15-5-6-16-24/h9-12,18H,1-8,13-16H2,(H,22,25)(H,23,26). The van der Waals surface area contributed by atoms with Gasteiger partial charge in [-0.3, -0.25) is 9.59 Å². The molecule has 1 saturated carbocycles. The van der Waals surface area contributed by atoms with E-state index in [1.807, 2.05) is 0 Å². The fourth-order valence-electron chi connectivity index (χ4n) is 3.92. The van der Waals surface area contributed by atoms with E-state index in [1.54, 1.807) is 0 Å². The average Bonchev–Trinajstić information content (AvgIpc) is 3.07. The zero-order chi connectivity index (χ0) is 18.2. The maximum absolute atomic E-state index is 12.0. The molecule has 2 N–H and O–H groups in total. The summed E-state index contributed by atoms with van der Waals surface area (Å²) >= 11 is 0. The highest BCUT2D eigenvalue weighted by atomic mass is 16.2. The molecule has 1 aromatic carbocycles. The third-order valence-corrected chi connectivity index (χ3v) is 5.50. The Hall–Kier alpha value is -2.04. The number of benzene rings is 1. The molecule has 0 bridgehead atoms. The quantitative estimate of drug-likeness (QED) is 0.629. The van der Waals surface area contributed by atoms with E-state index < -0.39 is 11.8 Å². The summed E-state index contributed by atoms with van der Waals surface area (Å²) in [5.74, 6) is -0.996. The van der Waals surface area contributed by atoms with Gasteiger partial charge in [-0.25, -0.2) is 0 Å². The van der Waals surface area contributed by atoms with E-state index in [9.17, 15) is 9.59 Å². The van der Waals surface area contributed by atoms with Gasteiger partial charge in [0.05, 0.1) is 0 Å². The molecule has 142 valence electrons. The molecular formula is C21H31N3O2. The topological polar surface area (TPSA) is 61.4 Å². The summed E-state index contributed by atoms with van der Waals surface area (Å²) in [5.41, 5.74) is 2.45. The summed E-state index contributed by atoms with van der Waals surface area (Å²) in [6.07, 6.45) is 10.0. The molecule has 0 radical (unpaired) electrons. The molecule has 0 unspecified atom stereocenters. The summed E-state index contributed by atoms with van der Waals surface area (Å²) in [6.45, 7) is 2.77. The van der Waals surface area contributed by atoms with Gasteiger partial charge in [0, 0.05) is 31.4 Å². The number of nitrogens with one attached hydrogen (secondary N) is 2. The van der Waals surface area contributed by atoms with E-state index in [0.717, 1.165) is 45.2 Å². The first kappa shape index (κ1) is 18.7.